The molecule has 0 unspecified atom stereocenters. The summed E-state index contributed by atoms with van der Waals surface area (Å²) in [4.78, 5) is 15.3. The fourth-order valence-electron chi connectivity index (χ4n) is 1.43. The van der Waals surface area contributed by atoms with E-state index in [0.717, 1.165) is 0 Å². The lowest BCUT2D eigenvalue weighted by molar-refractivity contribution is 0.0593. The van der Waals surface area contributed by atoms with E-state index < -0.39 is 16.9 Å². The Balaban J connectivity index is 3.14. The number of rotatable bonds is 6. The van der Waals surface area contributed by atoms with Gasteiger partial charge in [-0.3, -0.25) is 0 Å². The third kappa shape index (κ3) is 4.95. The molecule has 0 aliphatic heterocycles. The van der Waals surface area contributed by atoms with E-state index in [0.29, 0.717) is 0 Å². The number of nitrogens with one attached hydrogen (secondary N) is 1. The summed E-state index contributed by atoms with van der Waals surface area (Å²) in [5.74, 6) is -1.60. The van der Waals surface area contributed by atoms with Crippen LogP contribution in [0.4, 0.5) is 10.1 Å². The molecule has 3 N–H and O–H groups in total. The summed E-state index contributed by atoms with van der Waals surface area (Å²) >= 11 is 14.7. The highest BCUT2D eigenvalue weighted by molar-refractivity contribution is 9.10. The quantitative estimate of drug-likeness (QED) is 0.410. The Labute approximate surface area is 151 Å². The van der Waals surface area contributed by atoms with Gasteiger partial charge in [0.15, 0.2) is 16.7 Å². The van der Waals surface area contributed by atoms with Gasteiger partial charge in [0, 0.05) is 5.70 Å². The van der Waals surface area contributed by atoms with E-state index in [2.05, 4.69) is 37.5 Å². The Morgan fingerprint density at radius 2 is 2.26 bits per heavy atom. The molecule has 1 heterocycles. The van der Waals surface area contributed by atoms with Crippen LogP contribution in [0.2, 0.25) is 5.15 Å². The van der Waals surface area contributed by atoms with E-state index in [1.165, 1.54) is 19.3 Å². The van der Waals surface area contributed by atoms with Crippen molar-refractivity contribution in [1.82, 2.24) is 4.98 Å². The van der Waals surface area contributed by atoms with Gasteiger partial charge in [-0.15, -0.1) is 0 Å². The van der Waals surface area contributed by atoms with Crippen LogP contribution in [0.3, 0.4) is 0 Å². The van der Waals surface area contributed by atoms with Gasteiger partial charge in [-0.2, -0.15) is 0 Å². The van der Waals surface area contributed by atoms with Crippen LogP contribution in [0.1, 0.15) is 10.5 Å². The summed E-state index contributed by atoms with van der Waals surface area (Å²) in [7, 11) is 1.17. The van der Waals surface area contributed by atoms with E-state index in [1.54, 1.807) is 6.08 Å². The van der Waals surface area contributed by atoms with Crippen molar-refractivity contribution in [1.29, 1.82) is 0 Å². The predicted octanol–water partition coefficient (Wildman–Crippen LogP) is 3.99. The molecule has 0 bridgehead atoms. The van der Waals surface area contributed by atoms with Crippen LogP contribution in [0.15, 0.2) is 40.0 Å². The predicted molar refractivity (Wildman–Crippen MR) is 93.1 cm³/mol. The first-order chi connectivity index (χ1) is 10.8. The normalized spacial score (nSPS) is 12.0. The van der Waals surface area contributed by atoms with E-state index in [4.69, 9.17) is 28.9 Å². The first-order valence-electron chi connectivity index (χ1n) is 6.13. The standard InChI is InChI=1S/C14H13BrCl2FN3O2/c1-3-4-5-7(16)8(19)6-20-11-9(15)12(14(22)23-2)21-13(17)10(11)18/h3-5H,1,6,19H2,2H3,(H,20,21)/b5-4-,8-7+. The molecule has 9 heteroatoms. The third-order valence-electron chi connectivity index (χ3n) is 2.56. The topological polar surface area (TPSA) is 77.2 Å². The zero-order valence-corrected chi connectivity index (χ0v) is 15.1. The third-order valence-corrected chi connectivity index (χ3v) is 3.95. The Bertz CT molecular complexity index is 693. The number of pyridine rings is 1. The number of nitrogens with two attached hydrogens (primary N) is 1. The van der Waals surface area contributed by atoms with Gasteiger partial charge in [-0.1, -0.05) is 41.9 Å². The smallest absolute Gasteiger partial charge is 0.357 e. The highest BCUT2D eigenvalue weighted by Crippen LogP contribution is 2.32. The Morgan fingerprint density at radius 3 is 2.83 bits per heavy atom. The largest absolute Gasteiger partial charge is 0.464 e. The lowest BCUT2D eigenvalue weighted by atomic mass is 10.3. The molecule has 23 heavy (non-hydrogen) atoms. The summed E-state index contributed by atoms with van der Waals surface area (Å²) in [5.41, 5.74) is 5.80. The van der Waals surface area contributed by atoms with Crippen LogP contribution in [0.25, 0.3) is 0 Å². The molecule has 1 rings (SSSR count). The highest BCUT2D eigenvalue weighted by atomic mass is 79.9. The number of carbonyl (C=O) groups excluding carboxylic acids is 1. The number of hydrogen-bond acceptors (Lipinski definition) is 5. The molecule has 0 saturated heterocycles. The SMILES string of the molecule is C=C/C=C\C(Cl)=C(/N)CNc1c(F)c(Cl)nc(C(=O)OC)c1Br. The molecular weight excluding hydrogens is 412 g/mol. The van der Waals surface area contributed by atoms with Crippen molar-refractivity contribution >= 4 is 50.8 Å². The minimum absolute atomic E-state index is 0.0107. The average molecular weight is 425 g/mol. The van der Waals surface area contributed by atoms with Crippen molar-refractivity contribution in [3.8, 4) is 0 Å². The summed E-state index contributed by atoms with van der Waals surface area (Å²) in [6, 6.07) is 0. The van der Waals surface area contributed by atoms with Gasteiger partial charge in [0.25, 0.3) is 0 Å². The van der Waals surface area contributed by atoms with E-state index in [1.807, 2.05) is 0 Å². The number of halogens is 4. The number of ether oxygens (including phenoxy) is 1. The second-order valence-corrected chi connectivity index (χ2v) is 5.63. The van der Waals surface area contributed by atoms with Gasteiger partial charge in [0.1, 0.15) is 0 Å². The molecule has 0 spiro atoms. The molecule has 1 aromatic heterocycles. The van der Waals surface area contributed by atoms with Crippen molar-refractivity contribution in [3.05, 3.63) is 56.7 Å². The van der Waals surface area contributed by atoms with Crippen molar-refractivity contribution in [2.45, 2.75) is 0 Å². The Morgan fingerprint density at radius 1 is 1.61 bits per heavy atom. The zero-order valence-electron chi connectivity index (χ0n) is 12.0. The van der Waals surface area contributed by atoms with Gasteiger partial charge >= 0.3 is 5.97 Å². The average Bonchev–Trinajstić information content (AvgIpc) is 2.54. The number of methoxy groups -OCH3 is 1. The second kappa shape index (κ2) is 8.90. The molecule has 0 aliphatic carbocycles. The molecule has 0 atom stereocenters. The summed E-state index contributed by atoms with van der Waals surface area (Å²) in [6.45, 7) is 3.52. The van der Waals surface area contributed by atoms with Crippen LogP contribution in [0, 0.1) is 5.82 Å². The Hall–Kier alpha value is -1.57. The number of esters is 1. The molecular formula is C14H13BrCl2FN3O2. The molecule has 0 radical (unpaired) electrons. The minimum Gasteiger partial charge on any atom is -0.464 e. The first kappa shape index (κ1) is 19.5. The van der Waals surface area contributed by atoms with Crippen LogP contribution in [0.5, 0.6) is 0 Å². The number of allylic oxidation sites excluding steroid dienone is 4. The van der Waals surface area contributed by atoms with Crippen molar-refractivity contribution in [2.75, 3.05) is 19.0 Å². The molecule has 0 aromatic carbocycles. The fourth-order valence-corrected chi connectivity index (χ4v) is 2.31. The van der Waals surface area contributed by atoms with Crippen molar-refractivity contribution < 1.29 is 13.9 Å². The summed E-state index contributed by atoms with van der Waals surface area (Å²) < 4.78 is 18.7. The van der Waals surface area contributed by atoms with Crippen LogP contribution >= 0.6 is 39.1 Å². The number of hydrogen-bond donors (Lipinski definition) is 2. The molecule has 124 valence electrons. The van der Waals surface area contributed by atoms with Gasteiger partial charge in [0.2, 0.25) is 0 Å². The molecule has 1 aromatic rings. The fraction of sp³-hybridized carbons (Fsp3) is 0.143. The molecule has 5 nitrogen and oxygen atoms in total. The summed E-state index contributed by atoms with van der Waals surface area (Å²) in [6.07, 6.45) is 4.67. The van der Waals surface area contributed by atoms with Crippen LogP contribution < -0.4 is 11.1 Å². The van der Waals surface area contributed by atoms with Gasteiger partial charge in [-0.25, -0.2) is 14.2 Å². The monoisotopic (exact) mass is 423 g/mol. The van der Waals surface area contributed by atoms with E-state index in [9.17, 15) is 9.18 Å². The lowest BCUT2D eigenvalue weighted by Crippen LogP contribution is -2.16. The molecule has 0 saturated carbocycles. The first-order valence-corrected chi connectivity index (χ1v) is 7.68. The maximum atomic E-state index is 14.1. The van der Waals surface area contributed by atoms with Gasteiger partial charge in [0.05, 0.1) is 28.8 Å². The number of aromatic nitrogens is 1. The van der Waals surface area contributed by atoms with Crippen LogP contribution in [-0.4, -0.2) is 24.6 Å². The second-order valence-electron chi connectivity index (χ2n) is 4.07. The molecule has 0 amide bonds. The maximum Gasteiger partial charge on any atom is 0.357 e. The van der Waals surface area contributed by atoms with Crippen molar-refractivity contribution in [2.24, 2.45) is 5.73 Å². The number of nitrogens with zero attached hydrogens (tertiary/aromatic N) is 1. The highest BCUT2D eigenvalue weighted by Gasteiger charge is 2.22. The van der Waals surface area contributed by atoms with Gasteiger partial charge < -0.3 is 15.8 Å². The zero-order chi connectivity index (χ0) is 17.6. The summed E-state index contributed by atoms with van der Waals surface area (Å²) in [5, 5.41) is 2.51. The minimum atomic E-state index is -0.836. The molecule has 0 aliphatic rings. The Kier molecular flexibility index (Phi) is 7.54. The number of anilines is 1. The van der Waals surface area contributed by atoms with Crippen molar-refractivity contribution in [3.63, 3.8) is 0 Å². The lowest BCUT2D eigenvalue weighted by Gasteiger charge is -2.13. The maximum absolute atomic E-state index is 14.1. The van der Waals surface area contributed by atoms with Gasteiger partial charge in [-0.05, 0) is 22.0 Å². The number of carbonyl (C=O) groups is 1. The molecule has 0 fully saturated rings. The van der Waals surface area contributed by atoms with Crippen LogP contribution in [-0.2, 0) is 4.74 Å². The van der Waals surface area contributed by atoms with E-state index in [-0.39, 0.29) is 33.1 Å². The van der Waals surface area contributed by atoms with E-state index >= 15 is 0 Å².